The predicted octanol–water partition coefficient (Wildman–Crippen LogP) is 2.63. The molecule has 0 aromatic heterocycles. The van der Waals surface area contributed by atoms with Crippen molar-refractivity contribution in [3.8, 4) is 0 Å². The molecule has 0 saturated carbocycles. The standard InChI is InChI=1S/C19H25ClN4O2S/c20-14-7-1-2-8-15(14)21-19(27)22-16-9-3-4-12-24(18(16)26)13-17(25)23-10-5-6-11-23/h1-2,7-8,16H,3-6,9-13H2,(H2,21,22,27)/t16-/m0/s1. The van der Waals surface area contributed by atoms with E-state index in [0.717, 1.165) is 38.8 Å². The van der Waals surface area contributed by atoms with E-state index in [1.54, 1.807) is 11.0 Å². The number of nitrogens with zero attached hydrogens (tertiary/aromatic N) is 2. The summed E-state index contributed by atoms with van der Waals surface area (Å²) in [5.74, 6) is -0.0263. The van der Waals surface area contributed by atoms with Crippen molar-refractivity contribution in [2.24, 2.45) is 0 Å². The monoisotopic (exact) mass is 408 g/mol. The van der Waals surface area contributed by atoms with Gasteiger partial charge < -0.3 is 20.4 Å². The molecular weight excluding hydrogens is 384 g/mol. The minimum absolute atomic E-state index is 0.0401. The molecule has 27 heavy (non-hydrogen) atoms. The number of likely N-dealkylation sites (tertiary alicyclic amines) is 2. The van der Waals surface area contributed by atoms with E-state index in [0.29, 0.717) is 28.8 Å². The molecule has 0 radical (unpaired) electrons. The van der Waals surface area contributed by atoms with Gasteiger partial charge in [-0.25, -0.2) is 0 Å². The first-order valence-electron chi connectivity index (χ1n) is 9.43. The number of hydrogen-bond donors (Lipinski definition) is 2. The van der Waals surface area contributed by atoms with E-state index in [1.807, 2.05) is 23.1 Å². The second kappa shape index (κ2) is 9.37. The van der Waals surface area contributed by atoms with Crippen LogP contribution in [0.2, 0.25) is 5.02 Å². The van der Waals surface area contributed by atoms with E-state index in [1.165, 1.54) is 0 Å². The number of benzene rings is 1. The maximum absolute atomic E-state index is 12.9. The molecule has 1 aromatic carbocycles. The maximum atomic E-state index is 12.9. The predicted molar refractivity (Wildman–Crippen MR) is 111 cm³/mol. The lowest BCUT2D eigenvalue weighted by Gasteiger charge is -2.27. The molecule has 3 rings (SSSR count). The number of para-hydroxylation sites is 1. The zero-order valence-corrected chi connectivity index (χ0v) is 16.8. The van der Waals surface area contributed by atoms with Crippen molar-refractivity contribution < 1.29 is 9.59 Å². The first-order valence-corrected chi connectivity index (χ1v) is 10.2. The number of halogens is 1. The first-order chi connectivity index (χ1) is 13.0. The van der Waals surface area contributed by atoms with E-state index in [2.05, 4.69) is 10.6 Å². The summed E-state index contributed by atoms with van der Waals surface area (Å²) in [6.07, 6.45) is 4.59. The largest absolute Gasteiger partial charge is 0.351 e. The Hall–Kier alpha value is -1.86. The molecule has 0 bridgehead atoms. The summed E-state index contributed by atoms with van der Waals surface area (Å²) in [6.45, 7) is 2.37. The lowest BCUT2D eigenvalue weighted by molar-refractivity contribution is -0.140. The molecule has 6 nitrogen and oxygen atoms in total. The number of rotatable bonds is 4. The van der Waals surface area contributed by atoms with Crippen molar-refractivity contribution in [1.29, 1.82) is 0 Å². The molecule has 146 valence electrons. The lowest BCUT2D eigenvalue weighted by Crippen LogP contribution is -2.51. The van der Waals surface area contributed by atoms with Crippen LogP contribution in [0.25, 0.3) is 0 Å². The summed E-state index contributed by atoms with van der Waals surface area (Å²) in [5.41, 5.74) is 0.693. The Morgan fingerprint density at radius 2 is 1.85 bits per heavy atom. The summed E-state index contributed by atoms with van der Waals surface area (Å²) in [7, 11) is 0. The molecule has 2 heterocycles. The zero-order chi connectivity index (χ0) is 19.2. The van der Waals surface area contributed by atoms with Gasteiger partial charge in [-0.2, -0.15) is 0 Å². The van der Waals surface area contributed by atoms with E-state index in [-0.39, 0.29) is 18.4 Å². The van der Waals surface area contributed by atoms with E-state index >= 15 is 0 Å². The molecule has 0 unspecified atom stereocenters. The van der Waals surface area contributed by atoms with Crippen LogP contribution in [0.15, 0.2) is 24.3 Å². The average Bonchev–Trinajstić information content (AvgIpc) is 3.14. The van der Waals surface area contributed by atoms with Crippen LogP contribution in [-0.2, 0) is 9.59 Å². The number of nitrogens with one attached hydrogen (secondary N) is 2. The van der Waals surface area contributed by atoms with Gasteiger partial charge in [-0.05, 0) is 56.5 Å². The summed E-state index contributed by atoms with van der Waals surface area (Å²) in [5, 5.41) is 7.06. The molecule has 2 aliphatic rings. The van der Waals surface area contributed by atoms with Gasteiger partial charge in [0.15, 0.2) is 5.11 Å². The summed E-state index contributed by atoms with van der Waals surface area (Å²) in [6, 6.07) is 6.87. The quantitative estimate of drug-likeness (QED) is 0.750. The van der Waals surface area contributed by atoms with Crippen molar-refractivity contribution >= 4 is 46.4 Å². The Kier molecular flexibility index (Phi) is 6.90. The van der Waals surface area contributed by atoms with Crippen LogP contribution in [0.4, 0.5) is 5.69 Å². The number of hydrogen-bond acceptors (Lipinski definition) is 3. The number of carbonyl (C=O) groups excluding carboxylic acids is 2. The van der Waals surface area contributed by atoms with Crippen LogP contribution in [0.1, 0.15) is 32.1 Å². The summed E-state index contributed by atoms with van der Waals surface area (Å²) >= 11 is 11.5. The van der Waals surface area contributed by atoms with Gasteiger partial charge in [-0.3, -0.25) is 9.59 Å². The fourth-order valence-electron chi connectivity index (χ4n) is 3.51. The summed E-state index contributed by atoms with van der Waals surface area (Å²) < 4.78 is 0. The van der Waals surface area contributed by atoms with Gasteiger partial charge in [0, 0.05) is 19.6 Å². The molecular formula is C19H25ClN4O2S. The molecule has 2 aliphatic heterocycles. The minimum Gasteiger partial charge on any atom is -0.351 e. The van der Waals surface area contributed by atoms with Crippen molar-refractivity contribution in [2.75, 3.05) is 31.5 Å². The van der Waals surface area contributed by atoms with Crippen molar-refractivity contribution in [3.05, 3.63) is 29.3 Å². The molecule has 8 heteroatoms. The van der Waals surface area contributed by atoms with E-state index < -0.39 is 6.04 Å². The molecule has 1 atom stereocenters. The van der Waals surface area contributed by atoms with Gasteiger partial charge in [-0.1, -0.05) is 23.7 Å². The third-order valence-electron chi connectivity index (χ3n) is 4.99. The molecule has 2 N–H and O–H groups in total. The fourth-order valence-corrected chi connectivity index (χ4v) is 3.94. The number of carbonyl (C=O) groups is 2. The smallest absolute Gasteiger partial charge is 0.245 e. The molecule has 0 spiro atoms. The lowest BCUT2D eigenvalue weighted by atomic mass is 10.1. The highest BCUT2D eigenvalue weighted by atomic mass is 35.5. The highest BCUT2D eigenvalue weighted by Gasteiger charge is 2.30. The van der Waals surface area contributed by atoms with Gasteiger partial charge >= 0.3 is 0 Å². The average molecular weight is 409 g/mol. The highest BCUT2D eigenvalue weighted by molar-refractivity contribution is 7.80. The zero-order valence-electron chi connectivity index (χ0n) is 15.2. The third-order valence-corrected chi connectivity index (χ3v) is 5.54. The topological polar surface area (TPSA) is 64.7 Å². The molecule has 2 fully saturated rings. The van der Waals surface area contributed by atoms with Crippen LogP contribution >= 0.6 is 23.8 Å². The Labute approximate surface area is 170 Å². The Bertz CT molecular complexity index is 709. The van der Waals surface area contributed by atoms with Gasteiger partial charge in [0.2, 0.25) is 11.8 Å². The van der Waals surface area contributed by atoms with Crippen LogP contribution < -0.4 is 10.6 Å². The molecule has 2 amide bonds. The normalized spacial score (nSPS) is 20.3. The van der Waals surface area contributed by atoms with Crippen molar-refractivity contribution in [1.82, 2.24) is 15.1 Å². The van der Waals surface area contributed by atoms with E-state index in [4.69, 9.17) is 23.8 Å². The van der Waals surface area contributed by atoms with Gasteiger partial charge in [-0.15, -0.1) is 0 Å². The van der Waals surface area contributed by atoms with Gasteiger partial charge in [0.1, 0.15) is 6.04 Å². The SMILES string of the molecule is O=C(CN1CCCC[C@H](NC(=S)Nc2ccccc2Cl)C1=O)N1CCCC1. The highest BCUT2D eigenvalue weighted by Crippen LogP contribution is 2.20. The van der Waals surface area contributed by atoms with Crippen LogP contribution in [0, 0.1) is 0 Å². The minimum atomic E-state index is -0.429. The van der Waals surface area contributed by atoms with Gasteiger partial charge in [0.25, 0.3) is 0 Å². The van der Waals surface area contributed by atoms with E-state index in [9.17, 15) is 9.59 Å². The third kappa shape index (κ3) is 5.32. The molecule has 1 aromatic rings. The number of amides is 2. The Morgan fingerprint density at radius 1 is 1.15 bits per heavy atom. The fraction of sp³-hybridized carbons (Fsp3) is 0.526. The summed E-state index contributed by atoms with van der Waals surface area (Å²) in [4.78, 5) is 28.9. The van der Waals surface area contributed by atoms with Crippen LogP contribution in [0.3, 0.4) is 0 Å². The second-order valence-electron chi connectivity index (χ2n) is 6.97. The molecule has 0 aliphatic carbocycles. The number of anilines is 1. The van der Waals surface area contributed by atoms with Crippen molar-refractivity contribution in [3.63, 3.8) is 0 Å². The second-order valence-corrected chi connectivity index (χ2v) is 7.79. The van der Waals surface area contributed by atoms with Crippen molar-refractivity contribution in [2.45, 2.75) is 38.1 Å². The van der Waals surface area contributed by atoms with Gasteiger partial charge in [0.05, 0.1) is 17.3 Å². The van der Waals surface area contributed by atoms with Crippen LogP contribution in [-0.4, -0.2) is 58.9 Å². The number of thiocarbonyl (C=S) groups is 1. The molecule has 2 saturated heterocycles. The van der Waals surface area contributed by atoms with Crippen LogP contribution in [0.5, 0.6) is 0 Å². The first kappa shape index (κ1) is 19.9. The Morgan fingerprint density at radius 3 is 2.59 bits per heavy atom. The maximum Gasteiger partial charge on any atom is 0.245 e. The Balaban J connectivity index is 1.59.